The molecular formula is C29H35Cl2N5O4. The average Bonchev–Trinajstić information content (AvgIpc) is 3.34. The van der Waals surface area contributed by atoms with E-state index in [4.69, 9.17) is 32.7 Å². The molecule has 9 nitrogen and oxygen atoms in total. The number of anilines is 2. The summed E-state index contributed by atoms with van der Waals surface area (Å²) in [5.41, 5.74) is 3.74. The Labute approximate surface area is 244 Å². The average molecular weight is 589 g/mol. The van der Waals surface area contributed by atoms with Gasteiger partial charge in [0.05, 0.1) is 41.2 Å². The minimum absolute atomic E-state index is 0.199. The van der Waals surface area contributed by atoms with E-state index >= 15 is 0 Å². The van der Waals surface area contributed by atoms with Gasteiger partial charge >= 0.3 is 0 Å². The maximum atomic E-state index is 12.3. The molecule has 1 amide bonds. The highest BCUT2D eigenvalue weighted by Crippen LogP contribution is 2.50. The molecule has 0 unspecified atom stereocenters. The molecule has 214 valence electrons. The molecule has 1 heterocycles. The first-order valence-corrected chi connectivity index (χ1v) is 13.6. The van der Waals surface area contributed by atoms with Crippen molar-refractivity contribution in [2.45, 2.75) is 24.9 Å². The Bertz CT molecular complexity index is 1400. The summed E-state index contributed by atoms with van der Waals surface area (Å²) in [6.45, 7) is 5.29. The van der Waals surface area contributed by atoms with Crippen molar-refractivity contribution in [1.29, 1.82) is 0 Å². The summed E-state index contributed by atoms with van der Waals surface area (Å²) in [6.07, 6.45) is 2.26. The SMILES string of the molecule is C=CC(=O)Nc1cc(N(C)CCN(C)C)ccc1-c1n[nH]c2c1CC[C@](O)(c1c(Cl)c(OC)cc(OC)c1Cl)C2. The van der Waals surface area contributed by atoms with Crippen LogP contribution >= 0.6 is 23.2 Å². The van der Waals surface area contributed by atoms with Gasteiger partial charge in [-0.05, 0) is 51.2 Å². The molecule has 0 aliphatic heterocycles. The molecule has 0 radical (unpaired) electrons. The van der Waals surface area contributed by atoms with E-state index in [1.807, 2.05) is 39.3 Å². The third-order valence-corrected chi connectivity index (χ3v) is 8.03. The lowest BCUT2D eigenvalue weighted by Gasteiger charge is -2.34. The molecule has 1 aliphatic rings. The van der Waals surface area contributed by atoms with Crippen LogP contribution in [-0.4, -0.2) is 74.6 Å². The molecule has 1 aliphatic carbocycles. The number of aromatic amines is 1. The maximum absolute atomic E-state index is 12.3. The number of likely N-dealkylation sites (N-methyl/N-ethyl adjacent to an activating group) is 2. The smallest absolute Gasteiger partial charge is 0.247 e. The Kier molecular flexibility index (Phi) is 8.99. The fourth-order valence-corrected chi connectivity index (χ4v) is 5.85. The molecule has 40 heavy (non-hydrogen) atoms. The van der Waals surface area contributed by atoms with Gasteiger partial charge < -0.3 is 29.7 Å². The van der Waals surface area contributed by atoms with E-state index in [9.17, 15) is 9.90 Å². The maximum Gasteiger partial charge on any atom is 0.247 e. The Morgan fingerprint density at radius 1 is 1.18 bits per heavy atom. The van der Waals surface area contributed by atoms with E-state index in [2.05, 4.69) is 31.9 Å². The zero-order valence-corrected chi connectivity index (χ0v) is 24.9. The highest BCUT2D eigenvalue weighted by atomic mass is 35.5. The Hall–Kier alpha value is -3.24. The number of fused-ring (bicyclic) bond motifs is 1. The van der Waals surface area contributed by atoms with Gasteiger partial charge in [0, 0.05) is 60.7 Å². The van der Waals surface area contributed by atoms with E-state index in [1.54, 1.807) is 6.07 Å². The van der Waals surface area contributed by atoms with Crippen molar-refractivity contribution in [1.82, 2.24) is 15.1 Å². The minimum atomic E-state index is -1.38. The summed E-state index contributed by atoms with van der Waals surface area (Å²) in [5.74, 6) is 0.408. The zero-order valence-electron chi connectivity index (χ0n) is 23.4. The van der Waals surface area contributed by atoms with Crippen molar-refractivity contribution >= 4 is 40.5 Å². The number of aliphatic hydroxyl groups is 1. The predicted molar refractivity (Wildman–Crippen MR) is 160 cm³/mol. The zero-order chi connectivity index (χ0) is 29.2. The van der Waals surface area contributed by atoms with E-state index in [-0.39, 0.29) is 22.4 Å². The summed E-state index contributed by atoms with van der Waals surface area (Å²) < 4.78 is 10.8. The number of amides is 1. The molecule has 11 heteroatoms. The molecule has 2 aromatic carbocycles. The lowest BCUT2D eigenvalue weighted by atomic mass is 9.77. The van der Waals surface area contributed by atoms with Gasteiger partial charge in [0.25, 0.3) is 0 Å². The summed E-state index contributed by atoms with van der Waals surface area (Å²) in [7, 11) is 9.06. The largest absolute Gasteiger partial charge is 0.495 e. The topological polar surface area (TPSA) is 103 Å². The molecule has 0 bridgehead atoms. The number of rotatable bonds is 10. The number of H-pyrrole nitrogens is 1. The van der Waals surface area contributed by atoms with Crippen molar-refractivity contribution in [3.8, 4) is 22.8 Å². The number of hydrogen-bond acceptors (Lipinski definition) is 7. The van der Waals surface area contributed by atoms with Crippen LogP contribution in [-0.2, 0) is 23.2 Å². The first-order valence-electron chi connectivity index (χ1n) is 12.9. The van der Waals surface area contributed by atoms with Gasteiger partial charge in [-0.1, -0.05) is 29.8 Å². The third-order valence-electron chi connectivity index (χ3n) is 7.27. The van der Waals surface area contributed by atoms with Crippen LogP contribution in [0.2, 0.25) is 10.0 Å². The summed E-state index contributed by atoms with van der Waals surface area (Å²) in [5, 5.41) is 23.0. The second-order valence-corrected chi connectivity index (χ2v) is 10.9. The van der Waals surface area contributed by atoms with Gasteiger partial charge in [-0.2, -0.15) is 5.10 Å². The molecule has 0 saturated carbocycles. The minimum Gasteiger partial charge on any atom is -0.495 e. The van der Waals surface area contributed by atoms with Crippen LogP contribution in [0.4, 0.5) is 11.4 Å². The molecule has 1 aromatic heterocycles. The van der Waals surface area contributed by atoms with Gasteiger partial charge in [0.2, 0.25) is 5.91 Å². The van der Waals surface area contributed by atoms with Gasteiger partial charge in [0.15, 0.2) is 0 Å². The third kappa shape index (κ3) is 5.78. The Morgan fingerprint density at radius 2 is 1.85 bits per heavy atom. The van der Waals surface area contributed by atoms with Crippen molar-refractivity contribution in [2.75, 3.05) is 58.7 Å². The number of methoxy groups -OCH3 is 2. The van der Waals surface area contributed by atoms with Crippen LogP contribution in [0.5, 0.6) is 11.5 Å². The van der Waals surface area contributed by atoms with Crippen molar-refractivity contribution < 1.29 is 19.4 Å². The number of carbonyl (C=O) groups is 1. The van der Waals surface area contributed by atoms with Crippen LogP contribution in [0.25, 0.3) is 11.3 Å². The Balaban J connectivity index is 1.72. The number of carbonyl (C=O) groups excluding carboxylic acids is 1. The lowest BCUT2D eigenvalue weighted by Crippen LogP contribution is -2.34. The van der Waals surface area contributed by atoms with Crippen molar-refractivity contribution in [2.24, 2.45) is 0 Å². The van der Waals surface area contributed by atoms with Crippen LogP contribution in [0.15, 0.2) is 36.9 Å². The van der Waals surface area contributed by atoms with E-state index in [1.165, 1.54) is 20.3 Å². The molecule has 4 rings (SSSR count). The van der Waals surface area contributed by atoms with Crippen LogP contribution in [0.3, 0.4) is 0 Å². The second-order valence-electron chi connectivity index (χ2n) is 10.2. The normalized spacial score (nSPS) is 16.4. The first kappa shape index (κ1) is 29.7. The van der Waals surface area contributed by atoms with E-state index in [0.29, 0.717) is 41.3 Å². The highest BCUT2D eigenvalue weighted by molar-refractivity contribution is 6.38. The highest BCUT2D eigenvalue weighted by Gasteiger charge is 2.41. The molecule has 3 N–H and O–H groups in total. The summed E-state index contributed by atoms with van der Waals surface area (Å²) >= 11 is 13.3. The van der Waals surface area contributed by atoms with Crippen molar-refractivity contribution in [3.63, 3.8) is 0 Å². The molecular weight excluding hydrogens is 553 g/mol. The van der Waals surface area contributed by atoms with Gasteiger partial charge in [-0.25, -0.2) is 0 Å². The number of ether oxygens (including phenoxy) is 2. The molecule has 0 spiro atoms. The molecule has 0 fully saturated rings. The van der Waals surface area contributed by atoms with E-state index in [0.717, 1.165) is 35.6 Å². The van der Waals surface area contributed by atoms with Crippen molar-refractivity contribution in [3.05, 3.63) is 63.8 Å². The fourth-order valence-electron chi connectivity index (χ4n) is 5.00. The lowest BCUT2D eigenvalue weighted by molar-refractivity contribution is -0.111. The first-order chi connectivity index (χ1) is 19.0. The van der Waals surface area contributed by atoms with Crippen LogP contribution in [0, 0.1) is 0 Å². The van der Waals surface area contributed by atoms with Gasteiger partial charge in [0.1, 0.15) is 11.5 Å². The fraction of sp³-hybridized carbons (Fsp3) is 0.379. The summed E-state index contributed by atoms with van der Waals surface area (Å²) in [4.78, 5) is 16.6. The Morgan fingerprint density at radius 3 is 2.45 bits per heavy atom. The number of benzene rings is 2. The predicted octanol–water partition coefficient (Wildman–Crippen LogP) is 4.90. The van der Waals surface area contributed by atoms with E-state index < -0.39 is 5.60 Å². The van der Waals surface area contributed by atoms with Gasteiger partial charge in [-0.15, -0.1) is 0 Å². The summed E-state index contributed by atoms with van der Waals surface area (Å²) in [6, 6.07) is 7.50. The number of nitrogens with zero attached hydrogens (tertiary/aromatic N) is 3. The number of halogens is 2. The number of hydrogen-bond donors (Lipinski definition) is 3. The van der Waals surface area contributed by atoms with Crippen LogP contribution in [0.1, 0.15) is 23.2 Å². The quantitative estimate of drug-likeness (QED) is 0.290. The second kappa shape index (κ2) is 12.1. The molecule has 1 atom stereocenters. The number of aromatic nitrogens is 2. The monoisotopic (exact) mass is 587 g/mol. The number of nitrogens with one attached hydrogen (secondary N) is 2. The standard InChI is InChI=1S/C29H35Cl2N5O4/c1-7-24(37)32-20-14-17(36(4)13-12-35(2)3)8-9-18(20)28-19-10-11-29(38,16-21(19)33-34-28)25-26(30)22(39-5)15-23(40-6)27(25)31/h7-9,14-15,38H,1,10-13,16H2,2-6H3,(H,32,37)(H,33,34)/t29-/m1/s1. The van der Waals surface area contributed by atoms with Crippen LogP contribution < -0.4 is 19.7 Å². The molecule has 0 saturated heterocycles. The van der Waals surface area contributed by atoms with Gasteiger partial charge in [-0.3, -0.25) is 9.89 Å². The molecule has 3 aromatic rings.